The average Bonchev–Trinajstić information content (AvgIpc) is 3.53. The molecule has 0 aromatic carbocycles. The molecule has 0 spiro atoms. The standard InChI is InChI=1S/C80H157NO5/c1-3-5-7-9-11-13-15-17-19-21-22-23-24-29-32-35-38-41-44-48-52-56-60-64-68-72-78(83)77(76-82)81-79(84)73-69-65-61-57-53-49-45-42-39-36-33-30-27-25-26-28-31-34-37-40-43-47-51-55-59-63-67-71-75-86-80(85)74-70-66-62-58-54-50-46-20-18-16-14-12-10-8-6-4-2/h20,46,77-78,82-83H,3-19,21-45,47-76H2,1-2H3,(H,81,84)/b46-20-. The Morgan fingerprint density at radius 2 is 0.547 bits per heavy atom. The van der Waals surface area contributed by atoms with Gasteiger partial charge in [-0.2, -0.15) is 0 Å². The summed E-state index contributed by atoms with van der Waals surface area (Å²) in [6.07, 6.45) is 95.9. The van der Waals surface area contributed by atoms with Crippen LogP contribution in [0.5, 0.6) is 0 Å². The molecule has 0 heterocycles. The maximum Gasteiger partial charge on any atom is 0.305 e. The SMILES string of the molecule is CCCCCCCCC/C=C\CCCCCCCC(=O)OCCCCCCCCCCCCCCCCCCCCCCCCCCCCCCC(=O)NC(CO)C(O)CCCCCCCCCCCCCCCCCCCCCCCCCCC. The lowest BCUT2D eigenvalue weighted by molar-refractivity contribution is -0.143. The first kappa shape index (κ1) is 84.6. The highest BCUT2D eigenvalue weighted by molar-refractivity contribution is 5.76. The van der Waals surface area contributed by atoms with Gasteiger partial charge in [-0.25, -0.2) is 0 Å². The summed E-state index contributed by atoms with van der Waals surface area (Å²) in [6.45, 7) is 5.01. The van der Waals surface area contributed by atoms with Crippen molar-refractivity contribution in [2.75, 3.05) is 13.2 Å². The monoisotopic (exact) mass is 1210 g/mol. The molecule has 512 valence electrons. The molecule has 0 aromatic heterocycles. The van der Waals surface area contributed by atoms with Crippen LogP contribution in [0.4, 0.5) is 0 Å². The maximum absolute atomic E-state index is 12.6. The van der Waals surface area contributed by atoms with E-state index >= 15 is 0 Å². The summed E-state index contributed by atoms with van der Waals surface area (Å²) in [4.78, 5) is 24.7. The van der Waals surface area contributed by atoms with Gasteiger partial charge >= 0.3 is 5.97 Å². The van der Waals surface area contributed by atoms with Crippen LogP contribution in [-0.2, 0) is 14.3 Å². The molecular formula is C80H157NO5. The number of hydrogen-bond donors (Lipinski definition) is 3. The summed E-state index contributed by atoms with van der Waals surface area (Å²) in [5.74, 6) is -0.0127. The Labute approximate surface area is 539 Å². The lowest BCUT2D eigenvalue weighted by Gasteiger charge is -2.22. The number of aliphatic hydroxyl groups excluding tert-OH is 2. The number of hydrogen-bond acceptors (Lipinski definition) is 5. The third-order valence-corrected chi connectivity index (χ3v) is 19.1. The van der Waals surface area contributed by atoms with Gasteiger partial charge in [0.1, 0.15) is 0 Å². The number of unbranched alkanes of at least 4 members (excludes halogenated alkanes) is 63. The van der Waals surface area contributed by atoms with Gasteiger partial charge in [-0.3, -0.25) is 9.59 Å². The molecule has 0 fully saturated rings. The van der Waals surface area contributed by atoms with Crippen molar-refractivity contribution in [2.45, 2.75) is 475 Å². The quantitative estimate of drug-likeness (QED) is 0.0320. The fraction of sp³-hybridized carbons (Fsp3) is 0.950. The van der Waals surface area contributed by atoms with Crippen molar-refractivity contribution in [3.8, 4) is 0 Å². The molecule has 1 amide bonds. The number of carbonyl (C=O) groups is 2. The number of rotatable bonds is 76. The third kappa shape index (κ3) is 71.7. The summed E-state index contributed by atoms with van der Waals surface area (Å²) in [6, 6.07) is -0.540. The molecular weight excluding hydrogens is 1050 g/mol. The molecule has 0 aliphatic rings. The number of aliphatic hydroxyl groups is 2. The van der Waals surface area contributed by atoms with Gasteiger partial charge in [-0.05, 0) is 51.4 Å². The molecule has 3 N–H and O–H groups in total. The number of esters is 1. The van der Waals surface area contributed by atoms with Crippen LogP contribution in [0.2, 0.25) is 0 Å². The van der Waals surface area contributed by atoms with Gasteiger partial charge in [-0.15, -0.1) is 0 Å². The molecule has 0 aromatic rings. The normalized spacial score (nSPS) is 12.5. The first-order valence-corrected chi connectivity index (χ1v) is 39.9. The Bertz CT molecular complexity index is 1300. The molecule has 0 saturated carbocycles. The summed E-state index contributed by atoms with van der Waals surface area (Å²) < 4.78 is 5.50. The van der Waals surface area contributed by atoms with E-state index < -0.39 is 12.1 Å². The Morgan fingerprint density at radius 3 is 0.826 bits per heavy atom. The van der Waals surface area contributed by atoms with Crippen molar-refractivity contribution in [1.82, 2.24) is 5.32 Å². The third-order valence-electron chi connectivity index (χ3n) is 19.1. The van der Waals surface area contributed by atoms with E-state index in [0.29, 0.717) is 25.9 Å². The van der Waals surface area contributed by atoms with E-state index in [0.717, 1.165) is 44.9 Å². The molecule has 6 heteroatoms. The second-order valence-corrected chi connectivity index (χ2v) is 27.8. The molecule has 2 unspecified atom stereocenters. The molecule has 0 aliphatic heterocycles. The highest BCUT2D eigenvalue weighted by Gasteiger charge is 2.20. The molecule has 0 bridgehead atoms. The number of ether oxygens (including phenoxy) is 1. The summed E-state index contributed by atoms with van der Waals surface area (Å²) in [5, 5.41) is 23.5. The van der Waals surface area contributed by atoms with Crippen LogP contribution in [0.15, 0.2) is 12.2 Å². The van der Waals surface area contributed by atoms with E-state index in [1.807, 2.05) is 0 Å². The zero-order chi connectivity index (χ0) is 62.0. The minimum Gasteiger partial charge on any atom is -0.466 e. The van der Waals surface area contributed by atoms with Crippen molar-refractivity contribution in [3.63, 3.8) is 0 Å². The number of amides is 1. The zero-order valence-corrected chi connectivity index (χ0v) is 58.8. The van der Waals surface area contributed by atoms with E-state index in [1.54, 1.807) is 0 Å². The van der Waals surface area contributed by atoms with Crippen molar-refractivity contribution >= 4 is 11.9 Å². The average molecular weight is 1210 g/mol. The van der Waals surface area contributed by atoms with E-state index in [2.05, 4.69) is 31.3 Å². The van der Waals surface area contributed by atoms with E-state index in [4.69, 9.17) is 4.74 Å². The molecule has 6 nitrogen and oxygen atoms in total. The Morgan fingerprint density at radius 1 is 0.314 bits per heavy atom. The lowest BCUT2D eigenvalue weighted by atomic mass is 10.0. The summed E-state index contributed by atoms with van der Waals surface area (Å²) >= 11 is 0. The molecule has 0 radical (unpaired) electrons. The van der Waals surface area contributed by atoms with Gasteiger partial charge in [0, 0.05) is 12.8 Å². The van der Waals surface area contributed by atoms with Crippen molar-refractivity contribution < 1.29 is 24.5 Å². The maximum atomic E-state index is 12.6. The van der Waals surface area contributed by atoms with Crippen molar-refractivity contribution in [3.05, 3.63) is 12.2 Å². The van der Waals surface area contributed by atoms with E-state index in [1.165, 1.54) is 385 Å². The van der Waals surface area contributed by atoms with Crippen LogP contribution in [-0.4, -0.2) is 47.4 Å². The van der Waals surface area contributed by atoms with E-state index in [-0.39, 0.29) is 18.5 Å². The fourth-order valence-electron chi connectivity index (χ4n) is 13.0. The van der Waals surface area contributed by atoms with Crippen molar-refractivity contribution in [2.24, 2.45) is 0 Å². The minimum atomic E-state index is -0.663. The largest absolute Gasteiger partial charge is 0.466 e. The molecule has 0 rings (SSSR count). The Balaban J connectivity index is 3.34. The van der Waals surface area contributed by atoms with E-state index in [9.17, 15) is 19.8 Å². The fourth-order valence-corrected chi connectivity index (χ4v) is 13.0. The predicted octanol–water partition coefficient (Wildman–Crippen LogP) is 26.3. The molecule has 0 aliphatic carbocycles. The smallest absolute Gasteiger partial charge is 0.305 e. The van der Waals surface area contributed by atoms with Crippen LogP contribution in [0.1, 0.15) is 463 Å². The van der Waals surface area contributed by atoms with Gasteiger partial charge < -0.3 is 20.3 Å². The van der Waals surface area contributed by atoms with Crippen LogP contribution >= 0.6 is 0 Å². The molecule has 86 heavy (non-hydrogen) atoms. The van der Waals surface area contributed by atoms with Crippen molar-refractivity contribution in [1.29, 1.82) is 0 Å². The summed E-state index contributed by atoms with van der Waals surface area (Å²) in [5.41, 5.74) is 0. The number of allylic oxidation sites excluding steroid dienone is 2. The predicted molar refractivity (Wildman–Crippen MR) is 380 cm³/mol. The molecule has 0 saturated heterocycles. The first-order valence-electron chi connectivity index (χ1n) is 39.9. The van der Waals surface area contributed by atoms with Gasteiger partial charge in [-0.1, -0.05) is 411 Å². The highest BCUT2D eigenvalue weighted by atomic mass is 16.5. The Kier molecular flexibility index (Phi) is 74.8. The van der Waals surface area contributed by atoms with Gasteiger partial charge in [0.2, 0.25) is 5.91 Å². The van der Waals surface area contributed by atoms with Crippen LogP contribution in [0.3, 0.4) is 0 Å². The highest BCUT2D eigenvalue weighted by Crippen LogP contribution is 2.20. The second-order valence-electron chi connectivity index (χ2n) is 27.8. The zero-order valence-electron chi connectivity index (χ0n) is 58.8. The minimum absolute atomic E-state index is 0.0129. The lowest BCUT2D eigenvalue weighted by Crippen LogP contribution is -2.45. The van der Waals surface area contributed by atoms with Gasteiger partial charge in [0.15, 0.2) is 0 Å². The van der Waals surface area contributed by atoms with Crippen LogP contribution < -0.4 is 5.32 Å². The summed E-state index contributed by atoms with van der Waals surface area (Å²) in [7, 11) is 0. The van der Waals surface area contributed by atoms with Gasteiger partial charge in [0.05, 0.1) is 25.4 Å². The van der Waals surface area contributed by atoms with Crippen LogP contribution in [0.25, 0.3) is 0 Å². The Hall–Kier alpha value is -1.40. The first-order chi connectivity index (χ1) is 42.5. The number of nitrogens with one attached hydrogen (secondary N) is 1. The number of carbonyl (C=O) groups excluding carboxylic acids is 2. The van der Waals surface area contributed by atoms with Gasteiger partial charge in [0.25, 0.3) is 0 Å². The van der Waals surface area contributed by atoms with Crippen LogP contribution in [0, 0.1) is 0 Å². The molecule has 2 atom stereocenters. The topological polar surface area (TPSA) is 95.9 Å². The second kappa shape index (κ2) is 76.1.